The van der Waals surface area contributed by atoms with E-state index < -0.39 is 32.5 Å². The monoisotopic (exact) mass is 1120 g/mol. The highest BCUT2D eigenvalue weighted by Crippen LogP contribution is 2.38. The number of ether oxygens (including phenoxy) is 2. The van der Waals surface area contributed by atoms with Crippen LogP contribution in [0.4, 0.5) is 0 Å². The van der Waals surface area contributed by atoms with Gasteiger partial charge in [0.15, 0.2) is 6.10 Å². The highest BCUT2D eigenvalue weighted by Gasteiger charge is 2.21. The van der Waals surface area contributed by atoms with Gasteiger partial charge in [-0.3, -0.25) is 14.2 Å². The molecule has 0 aromatic rings. The Morgan fingerprint density at radius 3 is 0.988 bits per heavy atom. The molecule has 0 aliphatic carbocycles. The van der Waals surface area contributed by atoms with Crippen molar-refractivity contribution in [2.45, 2.75) is 174 Å². The van der Waals surface area contributed by atoms with Gasteiger partial charge >= 0.3 is 11.9 Å². The van der Waals surface area contributed by atoms with Crippen molar-refractivity contribution >= 4 is 19.8 Å². The molecule has 0 N–H and O–H groups in total. The third kappa shape index (κ3) is 61.8. The number of allylic oxidation sites excluding steroid dienone is 34. The van der Waals surface area contributed by atoms with Crippen LogP contribution in [0.5, 0.6) is 0 Å². The van der Waals surface area contributed by atoms with Gasteiger partial charge < -0.3 is 27.9 Å². The molecule has 9 nitrogen and oxygen atoms in total. The fraction of sp³-hybridized carbons (Fsp3) is 0.486. The number of rotatable bonds is 51. The molecule has 0 aliphatic rings. The van der Waals surface area contributed by atoms with Crippen LogP contribution in [0.1, 0.15) is 168 Å². The molecule has 0 aromatic heterocycles. The number of hydrogen-bond acceptors (Lipinski definition) is 8. The molecule has 0 amide bonds. The van der Waals surface area contributed by atoms with E-state index in [4.69, 9.17) is 18.5 Å². The summed E-state index contributed by atoms with van der Waals surface area (Å²) in [6.45, 7) is 3.84. The smallest absolute Gasteiger partial charge is 0.306 e. The van der Waals surface area contributed by atoms with Crippen LogP contribution in [-0.2, 0) is 32.7 Å². The Morgan fingerprint density at radius 1 is 0.388 bits per heavy atom. The molecule has 0 spiro atoms. The quantitative estimate of drug-likeness (QED) is 0.0195. The summed E-state index contributed by atoms with van der Waals surface area (Å²) in [5.41, 5.74) is 0. The Labute approximate surface area is 487 Å². The van der Waals surface area contributed by atoms with E-state index in [1.165, 1.54) is 0 Å². The summed E-state index contributed by atoms with van der Waals surface area (Å²) in [6, 6.07) is 0. The molecule has 2 unspecified atom stereocenters. The molecular weight excluding hydrogens is 1010 g/mol. The number of esters is 2. The van der Waals surface area contributed by atoms with Gasteiger partial charge in [-0.15, -0.1) is 0 Å². The summed E-state index contributed by atoms with van der Waals surface area (Å²) in [4.78, 5) is 37.9. The minimum Gasteiger partial charge on any atom is -0.756 e. The largest absolute Gasteiger partial charge is 0.756 e. The predicted molar refractivity (Wildman–Crippen MR) is 341 cm³/mol. The van der Waals surface area contributed by atoms with Crippen LogP contribution in [0.2, 0.25) is 0 Å². The lowest BCUT2D eigenvalue weighted by Crippen LogP contribution is -2.37. The van der Waals surface area contributed by atoms with E-state index in [1.807, 2.05) is 27.2 Å². The Morgan fingerprint density at radius 2 is 0.675 bits per heavy atom. The SMILES string of the molecule is CC/C=C\C/C=C\C/C=C\C/C=C\C/C=C\C/C=C\C/C=C\C/C=C\C/C=C\C/C=C\CCCCC(=O)OC(COC(=O)CCC/C=C\C/C=C\C/C=C\C/C=C\C/C=C\C/C=C\C/C=C\CC)COP(=O)([O-])OCC[N+](C)(C)C. The van der Waals surface area contributed by atoms with E-state index in [0.717, 1.165) is 122 Å². The number of carbonyl (C=O) groups is 2. The second-order valence-electron chi connectivity index (χ2n) is 19.9. The number of carbonyl (C=O) groups excluding carboxylic acids is 2. The maximum absolute atomic E-state index is 12.8. The second kappa shape index (κ2) is 58.3. The zero-order valence-corrected chi connectivity index (χ0v) is 51.1. The first-order chi connectivity index (χ1) is 39.0. The molecule has 0 aliphatic heterocycles. The minimum absolute atomic E-state index is 0.0621. The maximum atomic E-state index is 12.8. The third-order valence-electron chi connectivity index (χ3n) is 11.3. The molecular formula is C70H106NO8P. The third-order valence-corrected chi connectivity index (χ3v) is 12.3. The predicted octanol–water partition coefficient (Wildman–Crippen LogP) is 18.5. The van der Waals surface area contributed by atoms with Crippen molar-refractivity contribution in [2.24, 2.45) is 0 Å². The van der Waals surface area contributed by atoms with Gasteiger partial charge in [-0.1, -0.05) is 220 Å². The zero-order valence-electron chi connectivity index (χ0n) is 50.2. The summed E-state index contributed by atoms with van der Waals surface area (Å²) in [5.74, 6) is -0.978. The first-order valence-corrected chi connectivity index (χ1v) is 31.3. The van der Waals surface area contributed by atoms with Crippen LogP contribution in [-0.4, -0.2) is 70.0 Å². The molecule has 0 saturated carbocycles. The van der Waals surface area contributed by atoms with Crippen LogP contribution in [0, 0.1) is 0 Å². The van der Waals surface area contributed by atoms with Crippen molar-refractivity contribution in [3.8, 4) is 0 Å². The molecule has 0 bridgehead atoms. The van der Waals surface area contributed by atoms with E-state index >= 15 is 0 Å². The van der Waals surface area contributed by atoms with Crippen LogP contribution >= 0.6 is 7.82 Å². The average molecular weight is 1120 g/mol. The molecule has 0 heterocycles. The Bertz CT molecular complexity index is 2100. The highest BCUT2D eigenvalue weighted by molar-refractivity contribution is 7.45. The standard InChI is InChI=1S/C70H106NO8P/c1-6-8-10-12-14-16-18-20-22-24-26-28-30-31-32-33-34-35-36-37-38-39-41-43-45-47-49-51-53-55-57-59-61-63-70(73)79-68(67-78-80(74,75)77-65-64-71(3,4)5)66-76-69(72)62-60-58-56-54-52-50-48-46-44-42-40-29-27-25-23-21-19-17-15-13-11-9-7-2/h8-11,14-17,20-23,26-29,31-32,34-35,37-38,41-44,47-50,53-56,68H,6-7,12-13,18-19,24-25,30,33,36,39-40,45-46,51-52,57-67H2,1-5H3/b10-8-,11-9-,16-14-,17-15-,22-20-,23-21-,28-26-,29-27-,32-31-,35-34-,38-37-,43-41-,44-42-,49-47-,50-48-,55-53-,56-54-. The van der Waals surface area contributed by atoms with E-state index in [-0.39, 0.29) is 26.1 Å². The molecule has 444 valence electrons. The van der Waals surface area contributed by atoms with Crippen LogP contribution in [0.3, 0.4) is 0 Å². The van der Waals surface area contributed by atoms with E-state index in [0.29, 0.717) is 30.3 Å². The molecule has 2 atom stereocenters. The zero-order chi connectivity index (χ0) is 58.4. The first kappa shape index (κ1) is 74.6. The van der Waals surface area contributed by atoms with Crippen molar-refractivity contribution in [3.05, 3.63) is 207 Å². The summed E-state index contributed by atoms with van der Waals surface area (Å²) >= 11 is 0. The number of likely N-dealkylation sites (N-methyl/N-ethyl adjacent to an activating group) is 1. The van der Waals surface area contributed by atoms with Gasteiger partial charge in [0.1, 0.15) is 19.8 Å². The van der Waals surface area contributed by atoms with Crippen LogP contribution in [0.25, 0.3) is 0 Å². The lowest BCUT2D eigenvalue weighted by Gasteiger charge is -2.28. The van der Waals surface area contributed by atoms with Gasteiger partial charge in [0.05, 0.1) is 27.7 Å². The second-order valence-corrected chi connectivity index (χ2v) is 21.3. The van der Waals surface area contributed by atoms with Gasteiger partial charge in [-0.25, -0.2) is 0 Å². The van der Waals surface area contributed by atoms with Crippen molar-refractivity contribution in [3.63, 3.8) is 0 Å². The van der Waals surface area contributed by atoms with Gasteiger partial charge in [0.25, 0.3) is 7.82 Å². The molecule has 0 saturated heterocycles. The number of unbranched alkanes of at least 4 members (excludes halogenated alkanes) is 3. The van der Waals surface area contributed by atoms with Crippen LogP contribution < -0.4 is 4.89 Å². The molecule has 0 rings (SSSR count). The highest BCUT2D eigenvalue weighted by atomic mass is 31.2. The molecule has 80 heavy (non-hydrogen) atoms. The van der Waals surface area contributed by atoms with Gasteiger partial charge in [-0.05, 0) is 141 Å². The lowest BCUT2D eigenvalue weighted by molar-refractivity contribution is -0.870. The minimum atomic E-state index is -4.68. The maximum Gasteiger partial charge on any atom is 0.306 e. The molecule has 10 heteroatoms. The van der Waals surface area contributed by atoms with Crippen LogP contribution in [0.15, 0.2) is 207 Å². The lowest BCUT2D eigenvalue weighted by atomic mass is 10.2. The number of hydrogen-bond donors (Lipinski definition) is 0. The van der Waals surface area contributed by atoms with Crippen molar-refractivity contribution in [2.75, 3.05) is 47.5 Å². The number of quaternary nitrogens is 1. The normalized spacial score (nSPS) is 14.7. The summed E-state index contributed by atoms with van der Waals surface area (Å²) in [5, 5.41) is 0. The van der Waals surface area contributed by atoms with Gasteiger partial charge in [0.2, 0.25) is 0 Å². The fourth-order valence-corrected chi connectivity index (χ4v) is 7.52. The summed E-state index contributed by atoms with van der Waals surface area (Å²) < 4.78 is 34.0. The van der Waals surface area contributed by atoms with E-state index in [2.05, 4.69) is 214 Å². The van der Waals surface area contributed by atoms with Crippen molar-refractivity contribution in [1.82, 2.24) is 0 Å². The Hall–Kier alpha value is -5.41. The fourth-order valence-electron chi connectivity index (χ4n) is 6.79. The molecule has 0 aromatic carbocycles. The van der Waals surface area contributed by atoms with Crippen molar-refractivity contribution in [1.29, 1.82) is 0 Å². The Kier molecular flexibility index (Phi) is 54.3. The average Bonchev–Trinajstić information content (AvgIpc) is 3.42. The summed E-state index contributed by atoms with van der Waals surface area (Å²) in [7, 11) is 1.07. The number of nitrogens with zero attached hydrogens (tertiary/aromatic N) is 1. The first-order valence-electron chi connectivity index (χ1n) is 29.8. The summed E-state index contributed by atoms with van der Waals surface area (Å²) in [6.07, 6.45) is 93.2. The molecule has 0 fully saturated rings. The number of phosphoric ester groups is 1. The number of phosphoric acid groups is 1. The van der Waals surface area contributed by atoms with Crippen molar-refractivity contribution < 1.29 is 42.1 Å². The topological polar surface area (TPSA) is 111 Å². The van der Waals surface area contributed by atoms with E-state index in [1.54, 1.807) is 0 Å². The molecule has 0 radical (unpaired) electrons. The van der Waals surface area contributed by atoms with E-state index in [9.17, 15) is 19.0 Å². The Balaban J connectivity index is 4.41. The van der Waals surface area contributed by atoms with Gasteiger partial charge in [0, 0.05) is 12.8 Å². The van der Waals surface area contributed by atoms with Gasteiger partial charge in [-0.2, -0.15) is 0 Å².